The van der Waals surface area contributed by atoms with E-state index in [0.717, 1.165) is 0 Å². The van der Waals surface area contributed by atoms with Crippen LogP contribution in [-0.4, -0.2) is 53.0 Å². The summed E-state index contributed by atoms with van der Waals surface area (Å²) in [6.07, 6.45) is 3.50. The summed E-state index contributed by atoms with van der Waals surface area (Å²) in [7, 11) is 3.04. The second-order valence-corrected chi connectivity index (χ2v) is 5.83. The van der Waals surface area contributed by atoms with E-state index >= 15 is 0 Å². The number of methoxy groups -OCH3 is 2. The molecule has 2 heterocycles. The smallest absolute Gasteiger partial charge is 0.255 e. The molecule has 0 aliphatic heterocycles. The first-order chi connectivity index (χ1) is 13.6. The highest BCUT2D eigenvalue weighted by Crippen LogP contribution is 2.30. The maximum Gasteiger partial charge on any atom is 0.255 e. The Hall–Kier alpha value is -3.62. The number of nitrogens with zero attached hydrogens (tertiary/aromatic N) is 4. The summed E-state index contributed by atoms with van der Waals surface area (Å²) in [5.41, 5.74) is 0.417. The molecule has 0 aliphatic rings. The van der Waals surface area contributed by atoms with Crippen LogP contribution in [0.3, 0.4) is 0 Å². The Morgan fingerprint density at radius 3 is 2.71 bits per heavy atom. The van der Waals surface area contributed by atoms with Crippen molar-refractivity contribution in [3.05, 3.63) is 54.1 Å². The fourth-order valence-electron chi connectivity index (χ4n) is 2.69. The highest BCUT2D eigenvalue weighted by molar-refractivity contribution is 5.97. The summed E-state index contributed by atoms with van der Waals surface area (Å²) in [6, 6.07) is 8.80. The predicted octanol–water partition coefficient (Wildman–Crippen LogP) is 1.83. The van der Waals surface area contributed by atoms with Gasteiger partial charge in [-0.3, -0.25) is 4.79 Å². The molecule has 3 rings (SSSR count). The van der Waals surface area contributed by atoms with E-state index in [9.17, 15) is 4.79 Å². The Morgan fingerprint density at radius 2 is 2.00 bits per heavy atom. The van der Waals surface area contributed by atoms with Crippen LogP contribution in [0.1, 0.15) is 16.2 Å². The SMILES string of the molecule is COc1cccc(C(=O)NCCNc2cc(-n3cccn3)nc(C)n2)c1OC. The van der Waals surface area contributed by atoms with Gasteiger partial charge in [-0.1, -0.05) is 6.07 Å². The van der Waals surface area contributed by atoms with Crippen LogP contribution >= 0.6 is 0 Å². The minimum atomic E-state index is -0.242. The lowest BCUT2D eigenvalue weighted by molar-refractivity contribution is 0.0951. The number of rotatable bonds is 8. The number of hydrogen-bond acceptors (Lipinski definition) is 7. The maximum atomic E-state index is 12.5. The average Bonchev–Trinajstić information content (AvgIpc) is 3.25. The van der Waals surface area contributed by atoms with E-state index in [0.29, 0.717) is 47.6 Å². The number of hydrogen-bond donors (Lipinski definition) is 2. The summed E-state index contributed by atoms with van der Waals surface area (Å²) in [6.45, 7) is 2.71. The van der Waals surface area contributed by atoms with E-state index in [2.05, 4.69) is 25.7 Å². The summed E-state index contributed by atoms with van der Waals surface area (Å²) >= 11 is 0. The molecule has 0 saturated carbocycles. The number of nitrogens with one attached hydrogen (secondary N) is 2. The second kappa shape index (κ2) is 8.85. The van der Waals surface area contributed by atoms with Gasteiger partial charge in [-0.2, -0.15) is 5.10 Å². The number of benzene rings is 1. The third kappa shape index (κ3) is 4.37. The van der Waals surface area contributed by atoms with Crippen LogP contribution in [-0.2, 0) is 0 Å². The van der Waals surface area contributed by atoms with Crippen molar-refractivity contribution in [2.24, 2.45) is 0 Å². The molecular formula is C19H22N6O3. The Labute approximate surface area is 162 Å². The van der Waals surface area contributed by atoms with Gasteiger partial charge in [0, 0.05) is 31.5 Å². The number of carbonyl (C=O) groups is 1. The van der Waals surface area contributed by atoms with E-state index in [4.69, 9.17) is 9.47 Å². The lowest BCUT2D eigenvalue weighted by atomic mass is 10.1. The monoisotopic (exact) mass is 382 g/mol. The van der Waals surface area contributed by atoms with E-state index in [1.807, 2.05) is 19.2 Å². The van der Waals surface area contributed by atoms with Crippen LogP contribution in [0.2, 0.25) is 0 Å². The maximum absolute atomic E-state index is 12.5. The van der Waals surface area contributed by atoms with Crippen molar-refractivity contribution < 1.29 is 14.3 Å². The van der Waals surface area contributed by atoms with Crippen LogP contribution in [0.4, 0.5) is 5.82 Å². The first-order valence-corrected chi connectivity index (χ1v) is 8.71. The van der Waals surface area contributed by atoms with Gasteiger partial charge < -0.3 is 20.1 Å². The molecule has 0 fully saturated rings. The van der Waals surface area contributed by atoms with Gasteiger partial charge in [0.05, 0.1) is 19.8 Å². The molecular weight excluding hydrogens is 360 g/mol. The van der Waals surface area contributed by atoms with Gasteiger partial charge in [-0.05, 0) is 25.1 Å². The third-order valence-electron chi connectivity index (χ3n) is 3.93. The van der Waals surface area contributed by atoms with Gasteiger partial charge in [-0.15, -0.1) is 0 Å². The Kier molecular flexibility index (Phi) is 6.05. The zero-order chi connectivity index (χ0) is 19.9. The Morgan fingerprint density at radius 1 is 1.14 bits per heavy atom. The molecule has 2 aromatic heterocycles. The standard InChI is InChI=1S/C19H22N6O3/c1-13-23-16(12-17(24-13)25-11-5-8-22-25)20-9-10-21-19(26)14-6-4-7-15(27-2)18(14)28-3/h4-8,11-12H,9-10H2,1-3H3,(H,21,26)(H,20,23,24). The van der Waals surface area contributed by atoms with Crippen LogP contribution in [0, 0.1) is 6.92 Å². The summed E-state index contributed by atoms with van der Waals surface area (Å²) < 4.78 is 12.2. The van der Waals surface area contributed by atoms with Gasteiger partial charge in [0.25, 0.3) is 5.91 Å². The van der Waals surface area contributed by atoms with E-state index in [-0.39, 0.29) is 5.91 Å². The van der Waals surface area contributed by atoms with Crippen LogP contribution in [0.5, 0.6) is 11.5 Å². The summed E-state index contributed by atoms with van der Waals surface area (Å²) in [4.78, 5) is 21.2. The van der Waals surface area contributed by atoms with Gasteiger partial charge in [-0.25, -0.2) is 14.6 Å². The predicted molar refractivity (Wildman–Crippen MR) is 104 cm³/mol. The first kappa shape index (κ1) is 19.2. The molecule has 0 aliphatic carbocycles. The molecule has 0 saturated heterocycles. The van der Waals surface area contributed by atoms with Crippen molar-refractivity contribution in [3.63, 3.8) is 0 Å². The summed E-state index contributed by atoms with van der Waals surface area (Å²) in [5.74, 6) is 2.63. The van der Waals surface area contributed by atoms with Crippen molar-refractivity contribution in [1.82, 2.24) is 25.1 Å². The lowest BCUT2D eigenvalue weighted by Gasteiger charge is -2.13. The molecule has 9 nitrogen and oxygen atoms in total. The van der Waals surface area contributed by atoms with Crippen LogP contribution < -0.4 is 20.1 Å². The molecule has 9 heteroatoms. The van der Waals surface area contributed by atoms with Gasteiger partial charge in [0.15, 0.2) is 17.3 Å². The molecule has 1 aromatic carbocycles. The van der Waals surface area contributed by atoms with Crippen molar-refractivity contribution in [2.75, 3.05) is 32.6 Å². The highest BCUT2D eigenvalue weighted by Gasteiger charge is 2.15. The Bertz CT molecular complexity index is 943. The second-order valence-electron chi connectivity index (χ2n) is 5.83. The molecule has 3 aromatic rings. The van der Waals surface area contributed by atoms with E-state index in [1.54, 1.807) is 35.1 Å². The van der Waals surface area contributed by atoms with E-state index in [1.165, 1.54) is 14.2 Å². The minimum absolute atomic E-state index is 0.242. The highest BCUT2D eigenvalue weighted by atomic mass is 16.5. The molecule has 0 radical (unpaired) electrons. The van der Waals surface area contributed by atoms with Crippen molar-refractivity contribution in [3.8, 4) is 17.3 Å². The zero-order valence-corrected chi connectivity index (χ0v) is 16.0. The molecule has 0 bridgehead atoms. The number of amides is 1. The topological polar surface area (TPSA) is 103 Å². The largest absolute Gasteiger partial charge is 0.493 e. The normalized spacial score (nSPS) is 10.4. The van der Waals surface area contributed by atoms with Crippen molar-refractivity contribution >= 4 is 11.7 Å². The van der Waals surface area contributed by atoms with Crippen LogP contribution in [0.25, 0.3) is 5.82 Å². The first-order valence-electron chi connectivity index (χ1n) is 8.71. The fraction of sp³-hybridized carbons (Fsp3) is 0.263. The minimum Gasteiger partial charge on any atom is -0.493 e. The van der Waals surface area contributed by atoms with Crippen molar-refractivity contribution in [2.45, 2.75) is 6.92 Å². The molecule has 0 spiro atoms. The third-order valence-corrected chi connectivity index (χ3v) is 3.93. The number of aromatic nitrogens is 4. The van der Waals surface area contributed by atoms with Gasteiger partial charge >= 0.3 is 0 Å². The van der Waals surface area contributed by atoms with Crippen LogP contribution in [0.15, 0.2) is 42.7 Å². The number of anilines is 1. The molecule has 1 amide bonds. The van der Waals surface area contributed by atoms with Gasteiger partial charge in [0.1, 0.15) is 11.6 Å². The number of carbonyl (C=O) groups excluding carboxylic acids is 1. The molecule has 28 heavy (non-hydrogen) atoms. The Balaban J connectivity index is 1.59. The average molecular weight is 382 g/mol. The molecule has 0 atom stereocenters. The number of para-hydroxylation sites is 1. The molecule has 0 unspecified atom stereocenters. The fourth-order valence-corrected chi connectivity index (χ4v) is 2.69. The van der Waals surface area contributed by atoms with Crippen molar-refractivity contribution in [1.29, 1.82) is 0 Å². The molecule has 2 N–H and O–H groups in total. The molecule has 146 valence electrons. The zero-order valence-electron chi connectivity index (χ0n) is 16.0. The number of aryl methyl sites for hydroxylation is 1. The lowest BCUT2D eigenvalue weighted by Crippen LogP contribution is -2.29. The number of ether oxygens (including phenoxy) is 2. The van der Waals surface area contributed by atoms with E-state index < -0.39 is 0 Å². The summed E-state index contributed by atoms with van der Waals surface area (Å²) in [5, 5.41) is 10.2. The quantitative estimate of drug-likeness (QED) is 0.573. The van der Waals surface area contributed by atoms with Gasteiger partial charge in [0.2, 0.25) is 0 Å².